The van der Waals surface area contributed by atoms with Crippen LogP contribution in [0, 0.1) is 0 Å². The number of ether oxygens (including phenoxy) is 1. The number of esters is 1. The van der Waals surface area contributed by atoms with Crippen molar-refractivity contribution < 1.29 is 14.3 Å². The molecule has 1 aromatic carbocycles. The highest BCUT2D eigenvalue weighted by atomic mass is 16.5. The largest absolute Gasteiger partial charge is 0.465 e. The van der Waals surface area contributed by atoms with E-state index in [2.05, 4.69) is 15.6 Å². The molecule has 1 amide bonds. The second kappa shape index (κ2) is 8.79. The average Bonchev–Trinajstić information content (AvgIpc) is 2.61. The molecule has 2 aromatic rings. The lowest BCUT2D eigenvalue weighted by molar-refractivity contribution is 0.0601. The lowest BCUT2D eigenvalue weighted by atomic mass is 10.2. The number of rotatable bonds is 7. The molecule has 2 N–H and O–H groups in total. The summed E-state index contributed by atoms with van der Waals surface area (Å²) in [6, 6.07) is 10.4. The van der Waals surface area contributed by atoms with Gasteiger partial charge in [0.1, 0.15) is 5.82 Å². The number of pyridine rings is 1. The van der Waals surface area contributed by atoms with Crippen LogP contribution in [0.2, 0.25) is 0 Å². The number of nitrogens with zero attached hydrogens (tertiary/aromatic N) is 2. The van der Waals surface area contributed by atoms with E-state index in [4.69, 9.17) is 4.74 Å². The van der Waals surface area contributed by atoms with Gasteiger partial charge in [0, 0.05) is 19.3 Å². The van der Waals surface area contributed by atoms with Gasteiger partial charge in [-0.25, -0.2) is 9.78 Å². The topological polar surface area (TPSA) is 83.6 Å². The van der Waals surface area contributed by atoms with Gasteiger partial charge in [-0.2, -0.15) is 0 Å². The third kappa shape index (κ3) is 5.29. The molecule has 2 rings (SSSR count). The number of benzene rings is 1. The van der Waals surface area contributed by atoms with E-state index in [0.717, 1.165) is 6.54 Å². The Bertz CT molecular complexity index is 729. The number of aromatic nitrogens is 1. The van der Waals surface area contributed by atoms with Crippen LogP contribution >= 0.6 is 0 Å². The zero-order chi connectivity index (χ0) is 18.2. The first-order valence-electron chi connectivity index (χ1n) is 7.84. The molecule has 1 heterocycles. The van der Waals surface area contributed by atoms with Crippen molar-refractivity contribution in [1.29, 1.82) is 0 Å². The van der Waals surface area contributed by atoms with Crippen molar-refractivity contribution in [1.82, 2.24) is 15.2 Å². The first-order valence-corrected chi connectivity index (χ1v) is 7.84. The summed E-state index contributed by atoms with van der Waals surface area (Å²) in [5.74, 6) is -0.0722. The molecule has 0 radical (unpaired) electrons. The normalized spacial score (nSPS) is 10.4. The maximum Gasteiger partial charge on any atom is 0.339 e. The first-order chi connectivity index (χ1) is 12.0. The third-order valence-corrected chi connectivity index (χ3v) is 3.47. The van der Waals surface area contributed by atoms with E-state index in [0.29, 0.717) is 29.2 Å². The van der Waals surface area contributed by atoms with Gasteiger partial charge in [0.2, 0.25) is 0 Å². The Balaban J connectivity index is 2.04. The minimum atomic E-state index is -0.431. The zero-order valence-corrected chi connectivity index (χ0v) is 14.6. The average molecular weight is 342 g/mol. The Morgan fingerprint density at radius 3 is 2.56 bits per heavy atom. The second-order valence-electron chi connectivity index (χ2n) is 5.65. The molecule has 7 nitrogen and oxygen atoms in total. The van der Waals surface area contributed by atoms with E-state index in [-0.39, 0.29) is 5.91 Å². The molecule has 0 fully saturated rings. The maximum absolute atomic E-state index is 12.0. The van der Waals surface area contributed by atoms with Crippen LogP contribution in [0.3, 0.4) is 0 Å². The summed E-state index contributed by atoms with van der Waals surface area (Å²) in [5, 5.41) is 5.89. The highest BCUT2D eigenvalue weighted by Crippen LogP contribution is 2.20. The van der Waals surface area contributed by atoms with Crippen LogP contribution in [0.15, 0.2) is 42.6 Å². The van der Waals surface area contributed by atoms with Crippen LogP contribution < -0.4 is 10.6 Å². The fraction of sp³-hybridized carbons (Fsp3) is 0.278. The number of likely N-dealkylation sites (N-methyl/N-ethyl adjacent to an activating group) is 1. The molecule has 1 aromatic heterocycles. The smallest absolute Gasteiger partial charge is 0.339 e. The van der Waals surface area contributed by atoms with Crippen molar-refractivity contribution in [2.75, 3.05) is 39.6 Å². The number of hydrogen-bond acceptors (Lipinski definition) is 6. The van der Waals surface area contributed by atoms with Gasteiger partial charge in [0.25, 0.3) is 5.91 Å². The summed E-state index contributed by atoms with van der Waals surface area (Å²) in [6.07, 6.45) is 1.49. The van der Waals surface area contributed by atoms with E-state index in [1.54, 1.807) is 36.4 Å². The molecule has 0 unspecified atom stereocenters. The van der Waals surface area contributed by atoms with E-state index in [9.17, 15) is 9.59 Å². The number of carbonyl (C=O) groups excluding carboxylic acids is 2. The maximum atomic E-state index is 12.0. The molecule has 0 spiro atoms. The van der Waals surface area contributed by atoms with Gasteiger partial charge in [0.15, 0.2) is 0 Å². The van der Waals surface area contributed by atoms with Crippen molar-refractivity contribution >= 4 is 23.4 Å². The number of hydrogen-bond donors (Lipinski definition) is 2. The van der Waals surface area contributed by atoms with Crippen molar-refractivity contribution in [3.05, 3.63) is 53.7 Å². The number of carbonyl (C=O) groups is 2. The van der Waals surface area contributed by atoms with Gasteiger partial charge in [-0.15, -0.1) is 0 Å². The Morgan fingerprint density at radius 2 is 1.92 bits per heavy atom. The van der Waals surface area contributed by atoms with Crippen LogP contribution in [-0.4, -0.2) is 56.1 Å². The monoisotopic (exact) mass is 342 g/mol. The quantitative estimate of drug-likeness (QED) is 0.748. The molecule has 0 aliphatic rings. The minimum absolute atomic E-state index is 0.170. The Hall–Kier alpha value is -2.93. The predicted molar refractivity (Wildman–Crippen MR) is 96.2 cm³/mol. The number of methoxy groups -OCH3 is 1. The van der Waals surface area contributed by atoms with Crippen LogP contribution in [-0.2, 0) is 4.74 Å². The van der Waals surface area contributed by atoms with Crippen LogP contribution in [0.5, 0.6) is 0 Å². The van der Waals surface area contributed by atoms with Crippen molar-refractivity contribution in [3.8, 4) is 0 Å². The van der Waals surface area contributed by atoms with Crippen LogP contribution in [0.1, 0.15) is 20.7 Å². The highest BCUT2D eigenvalue weighted by molar-refractivity contribution is 5.96. The molecule has 0 aliphatic carbocycles. The Kier molecular flexibility index (Phi) is 6.47. The molecule has 7 heteroatoms. The predicted octanol–water partition coefficient (Wildman–Crippen LogP) is 1.90. The molecule has 0 saturated carbocycles. The molecule has 0 aliphatic heterocycles. The number of anilines is 2. The summed E-state index contributed by atoms with van der Waals surface area (Å²) < 4.78 is 4.76. The number of para-hydroxylation sites is 1. The van der Waals surface area contributed by atoms with Gasteiger partial charge < -0.3 is 20.3 Å². The molecule has 25 heavy (non-hydrogen) atoms. The molecule has 0 atom stereocenters. The molecule has 0 bridgehead atoms. The summed E-state index contributed by atoms with van der Waals surface area (Å²) in [7, 11) is 5.22. The van der Waals surface area contributed by atoms with Gasteiger partial charge in [-0.05, 0) is 38.4 Å². The van der Waals surface area contributed by atoms with Gasteiger partial charge >= 0.3 is 5.97 Å². The molecular weight excluding hydrogens is 320 g/mol. The summed E-state index contributed by atoms with van der Waals surface area (Å²) in [5.41, 5.74) is 1.48. The standard InChI is InChI=1S/C18H22N4O3/c1-22(2)11-10-19-17(23)13-8-9-16(20-12-13)21-15-7-5-4-6-14(15)18(24)25-3/h4-9,12H,10-11H2,1-3H3,(H,19,23)(H,20,21). The van der Waals surface area contributed by atoms with Gasteiger partial charge in [-0.1, -0.05) is 12.1 Å². The lowest BCUT2D eigenvalue weighted by Crippen LogP contribution is -2.31. The van der Waals surface area contributed by atoms with E-state index >= 15 is 0 Å². The zero-order valence-electron chi connectivity index (χ0n) is 14.6. The molecule has 0 saturated heterocycles. The van der Waals surface area contributed by atoms with Crippen molar-refractivity contribution in [3.63, 3.8) is 0 Å². The number of amides is 1. The molecule has 132 valence electrons. The van der Waals surface area contributed by atoms with Gasteiger partial charge in [0.05, 0.1) is 23.9 Å². The van der Waals surface area contributed by atoms with Crippen LogP contribution in [0.4, 0.5) is 11.5 Å². The minimum Gasteiger partial charge on any atom is -0.465 e. The number of nitrogens with one attached hydrogen (secondary N) is 2. The van der Waals surface area contributed by atoms with E-state index in [1.165, 1.54) is 13.3 Å². The van der Waals surface area contributed by atoms with Crippen LogP contribution in [0.25, 0.3) is 0 Å². The summed E-state index contributed by atoms with van der Waals surface area (Å²) in [4.78, 5) is 30.0. The third-order valence-electron chi connectivity index (χ3n) is 3.47. The van der Waals surface area contributed by atoms with Crippen molar-refractivity contribution in [2.24, 2.45) is 0 Å². The fourth-order valence-corrected chi connectivity index (χ4v) is 2.12. The first kappa shape index (κ1) is 18.4. The fourth-order valence-electron chi connectivity index (χ4n) is 2.12. The SMILES string of the molecule is COC(=O)c1ccccc1Nc1ccc(C(=O)NCCN(C)C)cn1. The summed E-state index contributed by atoms with van der Waals surface area (Å²) in [6.45, 7) is 1.33. The Labute approximate surface area is 147 Å². The van der Waals surface area contributed by atoms with E-state index in [1.807, 2.05) is 19.0 Å². The second-order valence-corrected chi connectivity index (χ2v) is 5.65. The summed E-state index contributed by atoms with van der Waals surface area (Å²) >= 11 is 0. The Morgan fingerprint density at radius 1 is 1.16 bits per heavy atom. The van der Waals surface area contributed by atoms with Crippen molar-refractivity contribution in [2.45, 2.75) is 0 Å². The van der Waals surface area contributed by atoms with E-state index < -0.39 is 5.97 Å². The molecular formula is C18H22N4O3. The van der Waals surface area contributed by atoms with Gasteiger partial charge in [-0.3, -0.25) is 4.79 Å². The highest BCUT2D eigenvalue weighted by Gasteiger charge is 2.12. The lowest BCUT2D eigenvalue weighted by Gasteiger charge is -2.11.